The Hall–Kier alpha value is -1.87. The lowest BCUT2D eigenvalue weighted by Crippen LogP contribution is -2.22. The third-order valence-corrected chi connectivity index (χ3v) is 3.61. The molecule has 1 heterocycles. The van der Waals surface area contributed by atoms with Crippen molar-refractivity contribution in [1.29, 1.82) is 0 Å². The summed E-state index contributed by atoms with van der Waals surface area (Å²) >= 11 is 0. The number of rotatable bonds is 6. The van der Waals surface area contributed by atoms with Gasteiger partial charge in [0.1, 0.15) is 0 Å². The highest BCUT2D eigenvalue weighted by Crippen LogP contribution is 2.18. The van der Waals surface area contributed by atoms with Crippen LogP contribution in [0.1, 0.15) is 31.1 Å². The Morgan fingerprint density at radius 3 is 2.45 bits per heavy atom. The Kier molecular flexibility index (Phi) is 5.13. The van der Waals surface area contributed by atoms with Crippen molar-refractivity contribution in [2.24, 2.45) is 0 Å². The van der Waals surface area contributed by atoms with Crippen LogP contribution in [0.25, 0.3) is 0 Å². The normalized spacial score (nSPS) is 12.2. The van der Waals surface area contributed by atoms with Crippen LogP contribution < -0.4 is 10.2 Å². The molecule has 1 unspecified atom stereocenters. The van der Waals surface area contributed by atoms with Gasteiger partial charge in [-0.3, -0.25) is 4.98 Å². The molecular weight excluding hydrogens is 246 g/mol. The van der Waals surface area contributed by atoms with Gasteiger partial charge in [-0.15, -0.1) is 0 Å². The maximum atomic E-state index is 4.56. The molecule has 1 aromatic heterocycles. The summed E-state index contributed by atoms with van der Waals surface area (Å²) in [4.78, 5) is 6.89. The topological polar surface area (TPSA) is 28.2 Å². The van der Waals surface area contributed by atoms with E-state index in [1.54, 1.807) is 0 Å². The lowest BCUT2D eigenvalue weighted by atomic mass is 10.2. The number of anilines is 1. The van der Waals surface area contributed by atoms with Crippen molar-refractivity contribution in [3.63, 3.8) is 0 Å². The minimum Gasteiger partial charge on any atom is -0.366 e. The first-order valence-electron chi connectivity index (χ1n) is 7.16. The molecule has 1 atom stereocenters. The van der Waals surface area contributed by atoms with Crippen LogP contribution in [0.4, 0.5) is 5.69 Å². The third-order valence-electron chi connectivity index (χ3n) is 3.61. The maximum Gasteiger partial charge on any atom is 0.0571 e. The maximum absolute atomic E-state index is 4.56. The molecular formula is C17H23N3. The Morgan fingerprint density at radius 2 is 1.90 bits per heavy atom. The molecule has 0 spiro atoms. The third kappa shape index (κ3) is 3.58. The zero-order valence-electron chi connectivity index (χ0n) is 12.5. The highest BCUT2D eigenvalue weighted by Gasteiger charge is 2.08. The number of hydrogen-bond acceptors (Lipinski definition) is 3. The quantitative estimate of drug-likeness (QED) is 0.871. The summed E-state index contributed by atoms with van der Waals surface area (Å²) in [7, 11) is 1.95. The molecule has 2 aromatic rings. The van der Waals surface area contributed by atoms with Gasteiger partial charge in [0.15, 0.2) is 0 Å². The molecule has 0 aliphatic carbocycles. The van der Waals surface area contributed by atoms with Crippen LogP contribution in [-0.4, -0.2) is 18.6 Å². The Morgan fingerprint density at radius 1 is 1.15 bits per heavy atom. The Labute approximate surface area is 121 Å². The molecule has 0 radical (unpaired) electrons. The number of benzene rings is 1. The molecule has 3 heteroatoms. The molecule has 0 saturated carbocycles. The van der Waals surface area contributed by atoms with E-state index in [2.05, 4.69) is 71.5 Å². The fourth-order valence-corrected chi connectivity index (χ4v) is 2.18. The number of nitrogens with one attached hydrogen (secondary N) is 1. The predicted octanol–water partition coefficient (Wildman–Crippen LogP) is 3.39. The largest absolute Gasteiger partial charge is 0.366 e. The molecule has 0 aliphatic rings. The van der Waals surface area contributed by atoms with Crippen molar-refractivity contribution < 1.29 is 0 Å². The zero-order valence-corrected chi connectivity index (χ0v) is 12.5. The van der Waals surface area contributed by atoms with Gasteiger partial charge in [-0.05, 0) is 38.6 Å². The Balaban J connectivity index is 2.11. The van der Waals surface area contributed by atoms with E-state index in [-0.39, 0.29) is 6.04 Å². The molecule has 2 rings (SSSR count). The molecule has 0 aliphatic heterocycles. The van der Waals surface area contributed by atoms with Gasteiger partial charge in [0.2, 0.25) is 0 Å². The lowest BCUT2D eigenvalue weighted by molar-refractivity contribution is 0.632. The van der Waals surface area contributed by atoms with Crippen LogP contribution in [0.15, 0.2) is 48.7 Å². The van der Waals surface area contributed by atoms with Crippen molar-refractivity contribution in [1.82, 2.24) is 10.3 Å². The van der Waals surface area contributed by atoms with Crippen molar-refractivity contribution in [2.45, 2.75) is 26.4 Å². The average molecular weight is 269 g/mol. The van der Waals surface area contributed by atoms with Gasteiger partial charge in [0.05, 0.1) is 17.6 Å². The van der Waals surface area contributed by atoms with E-state index in [4.69, 9.17) is 0 Å². The Bertz CT molecular complexity index is 508. The summed E-state index contributed by atoms with van der Waals surface area (Å²) < 4.78 is 0. The first-order chi connectivity index (χ1) is 9.74. The van der Waals surface area contributed by atoms with Gasteiger partial charge in [-0.25, -0.2) is 0 Å². The van der Waals surface area contributed by atoms with Crippen molar-refractivity contribution >= 4 is 5.69 Å². The summed E-state index contributed by atoms with van der Waals surface area (Å²) in [6.45, 7) is 6.17. The van der Waals surface area contributed by atoms with Gasteiger partial charge in [0.25, 0.3) is 0 Å². The monoisotopic (exact) mass is 269 g/mol. The van der Waals surface area contributed by atoms with Crippen molar-refractivity contribution in [3.05, 3.63) is 59.9 Å². The highest BCUT2D eigenvalue weighted by molar-refractivity contribution is 5.45. The predicted molar refractivity (Wildman–Crippen MR) is 84.9 cm³/mol. The second-order valence-electron chi connectivity index (χ2n) is 4.95. The first kappa shape index (κ1) is 14.5. The summed E-state index contributed by atoms with van der Waals surface area (Å²) in [5, 5.41) is 3.21. The van der Waals surface area contributed by atoms with E-state index in [0.717, 1.165) is 18.8 Å². The van der Waals surface area contributed by atoms with E-state index in [9.17, 15) is 0 Å². The van der Waals surface area contributed by atoms with Crippen LogP contribution in [0.5, 0.6) is 0 Å². The molecule has 0 bridgehead atoms. The van der Waals surface area contributed by atoms with Gasteiger partial charge < -0.3 is 10.2 Å². The number of pyridine rings is 1. The van der Waals surface area contributed by atoms with Crippen LogP contribution in [-0.2, 0) is 6.54 Å². The van der Waals surface area contributed by atoms with Gasteiger partial charge >= 0.3 is 0 Å². The summed E-state index contributed by atoms with van der Waals surface area (Å²) in [6.07, 6.45) is 1.97. The van der Waals surface area contributed by atoms with E-state index >= 15 is 0 Å². The minimum atomic E-state index is 0.285. The van der Waals surface area contributed by atoms with Crippen LogP contribution >= 0.6 is 0 Å². The SMILES string of the molecule is CCN(Cc1ccccc1)c1ccc(C(C)NC)nc1. The zero-order chi connectivity index (χ0) is 14.4. The van der Waals surface area contributed by atoms with Crippen LogP contribution in [0.3, 0.4) is 0 Å². The number of hydrogen-bond donors (Lipinski definition) is 1. The molecule has 1 aromatic carbocycles. The van der Waals surface area contributed by atoms with E-state index < -0.39 is 0 Å². The number of nitrogens with zero attached hydrogens (tertiary/aromatic N) is 2. The van der Waals surface area contributed by atoms with Crippen molar-refractivity contribution in [3.8, 4) is 0 Å². The smallest absolute Gasteiger partial charge is 0.0571 e. The van der Waals surface area contributed by atoms with Crippen molar-refractivity contribution in [2.75, 3.05) is 18.5 Å². The molecule has 0 saturated heterocycles. The van der Waals surface area contributed by atoms with Gasteiger partial charge in [0, 0.05) is 19.1 Å². The molecule has 3 nitrogen and oxygen atoms in total. The second kappa shape index (κ2) is 7.06. The molecule has 1 N–H and O–H groups in total. The van der Waals surface area contributed by atoms with Gasteiger partial charge in [-0.1, -0.05) is 30.3 Å². The van der Waals surface area contributed by atoms with Gasteiger partial charge in [-0.2, -0.15) is 0 Å². The fraction of sp³-hybridized carbons (Fsp3) is 0.353. The highest BCUT2D eigenvalue weighted by atomic mass is 15.1. The van der Waals surface area contributed by atoms with Crippen LogP contribution in [0.2, 0.25) is 0 Å². The summed E-state index contributed by atoms with van der Waals surface area (Å²) in [5.41, 5.74) is 3.57. The summed E-state index contributed by atoms with van der Waals surface area (Å²) in [6, 6.07) is 15.1. The number of aromatic nitrogens is 1. The van der Waals surface area contributed by atoms with E-state index in [0.29, 0.717) is 0 Å². The first-order valence-corrected chi connectivity index (χ1v) is 7.16. The summed E-state index contributed by atoms with van der Waals surface area (Å²) in [5.74, 6) is 0. The molecule has 0 amide bonds. The van der Waals surface area contributed by atoms with E-state index in [1.165, 1.54) is 11.3 Å². The fourth-order valence-electron chi connectivity index (χ4n) is 2.18. The average Bonchev–Trinajstić information content (AvgIpc) is 2.53. The second-order valence-corrected chi connectivity index (χ2v) is 4.95. The van der Waals surface area contributed by atoms with E-state index in [1.807, 2.05) is 13.2 Å². The molecule has 106 valence electrons. The molecule has 0 fully saturated rings. The van der Waals surface area contributed by atoms with Crippen LogP contribution in [0, 0.1) is 0 Å². The lowest BCUT2D eigenvalue weighted by Gasteiger charge is -2.23. The standard InChI is InChI=1S/C17H23N3/c1-4-20(13-15-8-6-5-7-9-15)16-10-11-17(19-12-16)14(2)18-3/h5-12,14,18H,4,13H2,1-3H3. The minimum absolute atomic E-state index is 0.285. The molecule has 20 heavy (non-hydrogen) atoms.